The molecule has 0 amide bonds. The average Bonchev–Trinajstić information content (AvgIpc) is 2.50. The van der Waals surface area contributed by atoms with Gasteiger partial charge in [0, 0.05) is 17.8 Å². The van der Waals surface area contributed by atoms with E-state index in [9.17, 15) is 4.79 Å². The van der Waals surface area contributed by atoms with Crippen molar-refractivity contribution in [2.75, 3.05) is 12.4 Å². The van der Waals surface area contributed by atoms with Crippen molar-refractivity contribution in [2.24, 2.45) is 0 Å². The maximum Gasteiger partial charge on any atom is 0.187 e. The van der Waals surface area contributed by atoms with Gasteiger partial charge in [-0.15, -0.1) is 0 Å². The number of halogens is 1. The van der Waals surface area contributed by atoms with E-state index in [4.69, 9.17) is 16.3 Å². The van der Waals surface area contributed by atoms with Crippen LogP contribution < -0.4 is 10.1 Å². The van der Waals surface area contributed by atoms with E-state index in [0.29, 0.717) is 10.6 Å². The summed E-state index contributed by atoms with van der Waals surface area (Å²) in [6.45, 7) is 1.98. The zero-order chi connectivity index (χ0) is 15.2. The molecular weight excluding hydrogens is 286 g/mol. The Balaban J connectivity index is 2.03. The fourth-order valence-corrected chi connectivity index (χ4v) is 1.98. The summed E-state index contributed by atoms with van der Waals surface area (Å²) in [7, 11) is 1.59. The fraction of sp³-hybridized carbons (Fsp3) is 0.118. The van der Waals surface area contributed by atoms with E-state index in [0.717, 1.165) is 17.0 Å². The summed E-state index contributed by atoms with van der Waals surface area (Å²) in [6, 6.07) is 12.6. The Morgan fingerprint density at radius 1 is 1.19 bits per heavy atom. The van der Waals surface area contributed by atoms with Gasteiger partial charge in [0.15, 0.2) is 5.78 Å². The Morgan fingerprint density at radius 3 is 2.57 bits per heavy atom. The Labute approximate surface area is 129 Å². The molecule has 4 heteroatoms. The molecule has 2 aromatic carbocycles. The molecule has 0 heterocycles. The highest BCUT2D eigenvalue weighted by Crippen LogP contribution is 2.22. The number of carbonyl (C=O) groups is 1. The molecule has 0 saturated heterocycles. The number of anilines is 1. The van der Waals surface area contributed by atoms with Crippen LogP contribution in [0.5, 0.6) is 5.75 Å². The Bertz CT molecular complexity index is 663. The molecule has 2 aromatic rings. The van der Waals surface area contributed by atoms with Crippen molar-refractivity contribution in [1.29, 1.82) is 0 Å². The minimum atomic E-state index is -0.0890. The molecule has 0 fully saturated rings. The number of ketones is 1. The van der Waals surface area contributed by atoms with E-state index in [1.807, 2.05) is 25.1 Å². The van der Waals surface area contributed by atoms with Gasteiger partial charge in [-0.3, -0.25) is 4.79 Å². The molecule has 1 N–H and O–H groups in total. The van der Waals surface area contributed by atoms with Crippen LogP contribution in [0.25, 0.3) is 0 Å². The maximum atomic E-state index is 12.0. The van der Waals surface area contributed by atoms with E-state index in [-0.39, 0.29) is 5.78 Å². The average molecular weight is 302 g/mol. The molecule has 0 bridgehead atoms. The van der Waals surface area contributed by atoms with Crippen LogP contribution in [0.2, 0.25) is 5.02 Å². The molecule has 3 nitrogen and oxygen atoms in total. The Kier molecular flexibility index (Phi) is 5.01. The number of ether oxygens (including phenoxy) is 1. The van der Waals surface area contributed by atoms with E-state index < -0.39 is 0 Å². The van der Waals surface area contributed by atoms with Gasteiger partial charge in [-0.05, 0) is 48.9 Å². The van der Waals surface area contributed by atoms with E-state index >= 15 is 0 Å². The molecule has 0 aliphatic carbocycles. The van der Waals surface area contributed by atoms with Crippen LogP contribution in [-0.2, 0) is 0 Å². The van der Waals surface area contributed by atoms with Gasteiger partial charge in [0.25, 0.3) is 0 Å². The lowest BCUT2D eigenvalue weighted by Crippen LogP contribution is -1.97. The number of carbonyl (C=O) groups excluding carboxylic acids is 1. The number of aryl methyl sites for hydroxylation is 1. The lowest BCUT2D eigenvalue weighted by Gasteiger charge is -2.05. The van der Waals surface area contributed by atoms with E-state index in [1.54, 1.807) is 37.6 Å². The Morgan fingerprint density at radius 2 is 1.90 bits per heavy atom. The third kappa shape index (κ3) is 4.10. The third-order valence-corrected chi connectivity index (χ3v) is 3.30. The molecule has 0 aliphatic heterocycles. The monoisotopic (exact) mass is 301 g/mol. The lowest BCUT2D eigenvalue weighted by atomic mass is 10.1. The van der Waals surface area contributed by atoms with Gasteiger partial charge in [0.05, 0.1) is 17.8 Å². The van der Waals surface area contributed by atoms with Gasteiger partial charge in [0.2, 0.25) is 0 Å². The predicted molar refractivity (Wildman–Crippen MR) is 86.3 cm³/mol. The van der Waals surface area contributed by atoms with Gasteiger partial charge >= 0.3 is 0 Å². The molecule has 0 unspecified atom stereocenters. The number of hydrogen-bond acceptors (Lipinski definition) is 3. The first-order valence-corrected chi connectivity index (χ1v) is 6.85. The smallest absolute Gasteiger partial charge is 0.187 e. The highest BCUT2D eigenvalue weighted by molar-refractivity contribution is 6.33. The van der Waals surface area contributed by atoms with Gasteiger partial charge in [-0.2, -0.15) is 0 Å². The van der Waals surface area contributed by atoms with Crippen LogP contribution >= 0.6 is 11.6 Å². The van der Waals surface area contributed by atoms with Gasteiger partial charge in [-0.25, -0.2) is 0 Å². The maximum absolute atomic E-state index is 12.0. The summed E-state index contributed by atoms with van der Waals surface area (Å²) in [5.74, 6) is 0.633. The number of rotatable bonds is 5. The van der Waals surface area contributed by atoms with Crippen LogP contribution in [0.4, 0.5) is 5.69 Å². The molecule has 21 heavy (non-hydrogen) atoms. The molecule has 0 radical (unpaired) electrons. The summed E-state index contributed by atoms with van der Waals surface area (Å²) >= 11 is 6.07. The zero-order valence-electron chi connectivity index (χ0n) is 11.9. The highest BCUT2D eigenvalue weighted by Gasteiger charge is 2.02. The molecular formula is C17H16ClNO2. The highest BCUT2D eigenvalue weighted by atomic mass is 35.5. The van der Waals surface area contributed by atoms with Crippen LogP contribution in [0.15, 0.2) is 54.7 Å². The van der Waals surface area contributed by atoms with Crippen molar-refractivity contribution >= 4 is 23.1 Å². The largest absolute Gasteiger partial charge is 0.497 e. The molecule has 108 valence electrons. The fourth-order valence-electron chi connectivity index (χ4n) is 1.81. The molecule has 0 spiro atoms. The number of hydrogen-bond donors (Lipinski definition) is 1. The molecule has 0 saturated carbocycles. The minimum absolute atomic E-state index is 0.0890. The topological polar surface area (TPSA) is 38.3 Å². The van der Waals surface area contributed by atoms with Crippen molar-refractivity contribution in [3.8, 4) is 5.75 Å². The SMILES string of the molecule is COc1ccc(C(=O)/C=C/Nc2cc(C)ccc2Cl)cc1. The second-order valence-electron chi connectivity index (χ2n) is 4.55. The van der Waals surface area contributed by atoms with Gasteiger partial charge < -0.3 is 10.1 Å². The van der Waals surface area contributed by atoms with Crippen molar-refractivity contribution in [3.63, 3.8) is 0 Å². The van der Waals surface area contributed by atoms with Crippen LogP contribution in [0.3, 0.4) is 0 Å². The summed E-state index contributed by atoms with van der Waals surface area (Å²) < 4.78 is 5.06. The number of nitrogens with one attached hydrogen (secondary N) is 1. The minimum Gasteiger partial charge on any atom is -0.497 e. The molecule has 0 aromatic heterocycles. The summed E-state index contributed by atoms with van der Waals surface area (Å²) in [5.41, 5.74) is 2.47. The standard InChI is InChI=1S/C17H16ClNO2/c1-12-3-8-15(18)16(11-12)19-10-9-17(20)13-4-6-14(21-2)7-5-13/h3-11,19H,1-2H3/b10-9+. The number of allylic oxidation sites excluding steroid dienone is 1. The summed E-state index contributed by atoms with van der Waals surface area (Å²) in [4.78, 5) is 12.0. The van der Waals surface area contributed by atoms with Crippen LogP contribution in [0, 0.1) is 6.92 Å². The van der Waals surface area contributed by atoms with Crippen LogP contribution in [-0.4, -0.2) is 12.9 Å². The second-order valence-corrected chi connectivity index (χ2v) is 4.96. The quantitative estimate of drug-likeness (QED) is 0.654. The van der Waals surface area contributed by atoms with Crippen LogP contribution in [0.1, 0.15) is 15.9 Å². The van der Waals surface area contributed by atoms with E-state index in [2.05, 4.69) is 5.32 Å². The lowest BCUT2D eigenvalue weighted by molar-refractivity contribution is 0.104. The first-order valence-electron chi connectivity index (χ1n) is 6.48. The van der Waals surface area contributed by atoms with E-state index in [1.165, 1.54) is 6.08 Å². The first-order chi connectivity index (χ1) is 10.1. The zero-order valence-corrected chi connectivity index (χ0v) is 12.6. The Hall–Kier alpha value is -2.26. The van der Waals surface area contributed by atoms with Crippen molar-refractivity contribution in [1.82, 2.24) is 0 Å². The number of benzene rings is 2. The second kappa shape index (κ2) is 6.95. The van der Waals surface area contributed by atoms with Gasteiger partial charge in [0.1, 0.15) is 5.75 Å². The third-order valence-electron chi connectivity index (χ3n) is 2.97. The van der Waals surface area contributed by atoms with Crippen molar-refractivity contribution < 1.29 is 9.53 Å². The first kappa shape index (κ1) is 15.1. The number of methoxy groups -OCH3 is 1. The van der Waals surface area contributed by atoms with Gasteiger partial charge in [-0.1, -0.05) is 17.7 Å². The van der Waals surface area contributed by atoms with Crippen molar-refractivity contribution in [2.45, 2.75) is 6.92 Å². The summed E-state index contributed by atoms with van der Waals surface area (Å²) in [5, 5.41) is 3.63. The summed E-state index contributed by atoms with van der Waals surface area (Å²) in [6.07, 6.45) is 3.06. The molecule has 2 rings (SSSR count). The molecule has 0 aliphatic rings. The van der Waals surface area contributed by atoms with Crippen molar-refractivity contribution in [3.05, 3.63) is 70.9 Å². The predicted octanol–water partition coefficient (Wildman–Crippen LogP) is 4.47. The molecule has 0 atom stereocenters. The normalized spacial score (nSPS) is 10.6.